The van der Waals surface area contributed by atoms with Crippen LogP contribution in [0, 0.1) is 11.7 Å². The first kappa shape index (κ1) is 19.1. The minimum absolute atomic E-state index is 0.108. The van der Waals surface area contributed by atoms with E-state index < -0.39 is 0 Å². The Labute approximate surface area is 159 Å². The molecule has 1 aliphatic heterocycles. The number of carbonyl (C=O) groups is 1. The van der Waals surface area contributed by atoms with Gasteiger partial charge >= 0.3 is 0 Å². The molecule has 0 fully saturated rings. The molecule has 2 aromatic rings. The first-order valence-corrected chi connectivity index (χ1v) is 9.31. The van der Waals surface area contributed by atoms with Crippen molar-refractivity contribution < 1.29 is 14.0 Å². The van der Waals surface area contributed by atoms with Crippen molar-refractivity contribution in [3.05, 3.63) is 71.5 Å². The van der Waals surface area contributed by atoms with Crippen LogP contribution in [-0.4, -0.2) is 29.2 Å². The van der Waals surface area contributed by atoms with Crippen LogP contribution in [0.2, 0.25) is 0 Å². The molecule has 0 saturated carbocycles. The largest absolute Gasteiger partial charge is 0.390 e. The molecule has 0 spiro atoms. The Hall–Kier alpha value is -2.69. The van der Waals surface area contributed by atoms with E-state index in [1.807, 2.05) is 55.1 Å². The normalized spacial score (nSPS) is 16.1. The molecule has 0 aliphatic carbocycles. The summed E-state index contributed by atoms with van der Waals surface area (Å²) >= 11 is 0. The van der Waals surface area contributed by atoms with Crippen LogP contribution in [0.25, 0.3) is 0 Å². The van der Waals surface area contributed by atoms with Gasteiger partial charge in [-0.1, -0.05) is 61.5 Å². The van der Waals surface area contributed by atoms with Crippen molar-refractivity contribution in [3.63, 3.8) is 0 Å². The highest BCUT2D eigenvalue weighted by Crippen LogP contribution is 2.20. The third kappa shape index (κ3) is 5.39. The lowest BCUT2D eigenvalue weighted by atomic mass is 10.0. The van der Waals surface area contributed by atoms with Crippen molar-refractivity contribution in [1.29, 1.82) is 0 Å². The van der Waals surface area contributed by atoms with Gasteiger partial charge in [0.2, 0.25) is 5.91 Å². The summed E-state index contributed by atoms with van der Waals surface area (Å²) in [5.74, 6) is 0.104. The molecule has 27 heavy (non-hydrogen) atoms. The fraction of sp³-hybridized carbons (Fsp3) is 0.364. The first-order valence-electron chi connectivity index (χ1n) is 9.31. The van der Waals surface area contributed by atoms with Crippen molar-refractivity contribution in [2.24, 2.45) is 11.1 Å². The van der Waals surface area contributed by atoms with E-state index in [1.54, 1.807) is 6.07 Å². The number of oxime groups is 1. The maximum atomic E-state index is 13.4. The highest BCUT2D eigenvalue weighted by Gasteiger charge is 2.27. The Morgan fingerprint density at radius 2 is 2.00 bits per heavy atom. The predicted molar refractivity (Wildman–Crippen MR) is 104 cm³/mol. The highest BCUT2D eigenvalue weighted by molar-refractivity contribution is 6.01. The fourth-order valence-corrected chi connectivity index (χ4v) is 3.15. The van der Waals surface area contributed by atoms with Gasteiger partial charge in [0.15, 0.2) is 6.10 Å². The number of rotatable bonds is 7. The quantitative estimate of drug-likeness (QED) is 0.727. The van der Waals surface area contributed by atoms with Crippen LogP contribution in [0.4, 0.5) is 4.39 Å². The highest BCUT2D eigenvalue weighted by atomic mass is 19.1. The molecule has 142 valence electrons. The molecule has 0 unspecified atom stereocenters. The van der Waals surface area contributed by atoms with Gasteiger partial charge in [0.05, 0.1) is 12.3 Å². The van der Waals surface area contributed by atoms with Gasteiger partial charge in [-0.25, -0.2) is 4.39 Å². The van der Waals surface area contributed by atoms with Gasteiger partial charge in [0, 0.05) is 24.9 Å². The van der Waals surface area contributed by atoms with E-state index in [4.69, 9.17) is 4.84 Å². The molecule has 0 radical (unpaired) electrons. The van der Waals surface area contributed by atoms with E-state index in [-0.39, 0.29) is 17.8 Å². The van der Waals surface area contributed by atoms with Gasteiger partial charge in [-0.3, -0.25) is 4.79 Å². The third-order valence-electron chi connectivity index (χ3n) is 4.47. The second-order valence-electron chi connectivity index (χ2n) is 7.34. The van der Waals surface area contributed by atoms with E-state index in [1.165, 1.54) is 12.1 Å². The average Bonchev–Trinajstić information content (AvgIpc) is 3.10. The van der Waals surface area contributed by atoms with Gasteiger partial charge in [0.25, 0.3) is 0 Å². The maximum Gasteiger partial charge on any atom is 0.223 e. The predicted octanol–water partition coefficient (Wildman–Crippen LogP) is 4.39. The number of benzene rings is 2. The topological polar surface area (TPSA) is 41.9 Å². The van der Waals surface area contributed by atoms with Crippen molar-refractivity contribution in [3.8, 4) is 0 Å². The number of nitrogens with zero attached hydrogens (tertiary/aromatic N) is 2. The molecule has 1 heterocycles. The molecule has 0 aromatic heterocycles. The molecule has 1 amide bonds. The number of hydrogen-bond acceptors (Lipinski definition) is 3. The lowest BCUT2D eigenvalue weighted by Crippen LogP contribution is -2.37. The first-order chi connectivity index (χ1) is 13.0. The summed E-state index contributed by atoms with van der Waals surface area (Å²) in [4.78, 5) is 20.1. The van der Waals surface area contributed by atoms with Gasteiger partial charge < -0.3 is 9.74 Å². The molecule has 1 aliphatic rings. The Morgan fingerprint density at radius 1 is 1.22 bits per heavy atom. The van der Waals surface area contributed by atoms with Crippen molar-refractivity contribution in [2.75, 3.05) is 6.54 Å². The summed E-state index contributed by atoms with van der Waals surface area (Å²) in [6, 6.07) is 16.3. The molecule has 0 N–H and O–H groups in total. The van der Waals surface area contributed by atoms with E-state index in [0.29, 0.717) is 31.8 Å². The zero-order valence-electron chi connectivity index (χ0n) is 15.8. The van der Waals surface area contributed by atoms with Crippen LogP contribution < -0.4 is 0 Å². The van der Waals surface area contributed by atoms with Crippen LogP contribution in [0.1, 0.15) is 37.8 Å². The van der Waals surface area contributed by atoms with Crippen LogP contribution >= 0.6 is 0 Å². The number of carbonyl (C=O) groups excluding carboxylic acids is 1. The summed E-state index contributed by atoms with van der Waals surface area (Å²) in [5.41, 5.74) is 2.52. The Bertz CT molecular complexity index is 805. The minimum Gasteiger partial charge on any atom is -0.390 e. The minimum atomic E-state index is -0.295. The smallest absolute Gasteiger partial charge is 0.223 e. The van der Waals surface area contributed by atoms with Gasteiger partial charge in [0.1, 0.15) is 5.82 Å². The molecule has 1 atom stereocenters. The summed E-state index contributed by atoms with van der Waals surface area (Å²) < 4.78 is 13.4. The van der Waals surface area contributed by atoms with E-state index in [0.717, 1.165) is 16.8 Å². The second-order valence-corrected chi connectivity index (χ2v) is 7.34. The Kier molecular flexibility index (Phi) is 6.22. The van der Waals surface area contributed by atoms with Gasteiger partial charge in [-0.2, -0.15) is 0 Å². The summed E-state index contributed by atoms with van der Waals surface area (Å²) in [5, 5.41) is 4.12. The summed E-state index contributed by atoms with van der Waals surface area (Å²) in [6.07, 6.45) is 0.837. The molecule has 0 saturated heterocycles. The third-order valence-corrected chi connectivity index (χ3v) is 4.47. The monoisotopic (exact) mass is 368 g/mol. The summed E-state index contributed by atoms with van der Waals surface area (Å²) in [7, 11) is 0. The lowest BCUT2D eigenvalue weighted by Gasteiger charge is -2.26. The molecular formula is C22H25FN2O2. The lowest BCUT2D eigenvalue weighted by molar-refractivity contribution is -0.134. The number of amides is 1. The van der Waals surface area contributed by atoms with Crippen molar-refractivity contribution in [1.82, 2.24) is 4.90 Å². The van der Waals surface area contributed by atoms with Crippen LogP contribution in [-0.2, 0) is 16.2 Å². The van der Waals surface area contributed by atoms with Crippen LogP contribution in [0.3, 0.4) is 0 Å². The van der Waals surface area contributed by atoms with Gasteiger partial charge in [-0.05, 0) is 23.6 Å². The standard InChI is InChI=1S/C22H25FN2O2/c1-16(2)11-22(26)25(14-17-7-4-3-5-8-17)15-20-13-21(24-27-20)18-9-6-10-19(23)12-18/h3-10,12,16,20H,11,13-15H2,1-2H3/t20-/m1/s1. The molecule has 5 heteroatoms. The zero-order valence-corrected chi connectivity index (χ0v) is 15.8. The van der Waals surface area contributed by atoms with Crippen molar-refractivity contribution in [2.45, 2.75) is 39.3 Å². The van der Waals surface area contributed by atoms with E-state index in [9.17, 15) is 9.18 Å². The molecular weight excluding hydrogens is 343 g/mol. The number of hydrogen-bond donors (Lipinski definition) is 0. The second kappa shape index (κ2) is 8.80. The molecule has 0 bridgehead atoms. The SMILES string of the molecule is CC(C)CC(=O)N(Cc1ccccc1)C[C@H]1CC(c2cccc(F)c2)=NO1. The van der Waals surface area contributed by atoms with E-state index in [2.05, 4.69) is 5.16 Å². The molecule has 2 aromatic carbocycles. The fourth-order valence-electron chi connectivity index (χ4n) is 3.15. The average molecular weight is 368 g/mol. The maximum absolute atomic E-state index is 13.4. The molecule has 3 rings (SSSR count). The van der Waals surface area contributed by atoms with Crippen LogP contribution in [0.15, 0.2) is 59.8 Å². The number of halogens is 1. The summed E-state index contributed by atoms with van der Waals surface area (Å²) in [6.45, 7) is 5.08. The van der Waals surface area contributed by atoms with Crippen LogP contribution in [0.5, 0.6) is 0 Å². The van der Waals surface area contributed by atoms with Gasteiger partial charge in [-0.15, -0.1) is 0 Å². The Balaban J connectivity index is 1.66. The molecule has 4 nitrogen and oxygen atoms in total. The van der Waals surface area contributed by atoms with E-state index >= 15 is 0 Å². The Morgan fingerprint density at radius 3 is 2.70 bits per heavy atom. The van der Waals surface area contributed by atoms with Crippen molar-refractivity contribution >= 4 is 11.6 Å². The zero-order chi connectivity index (χ0) is 19.2.